The third-order valence-corrected chi connectivity index (χ3v) is 4.02. The Morgan fingerprint density at radius 2 is 1.52 bits per heavy atom. The molecule has 0 spiro atoms. The smallest absolute Gasteiger partial charge is 0.142 e. The van der Waals surface area contributed by atoms with Crippen LogP contribution >= 0.6 is 0 Å². The Balaban J connectivity index is 1.53. The first-order valence-electron chi connectivity index (χ1n) is 8.56. The van der Waals surface area contributed by atoms with E-state index >= 15 is 0 Å². The van der Waals surface area contributed by atoms with Crippen molar-refractivity contribution in [3.05, 3.63) is 95.8 Å². The Bertz CT molecular complexity index is 789. The van der Waals surface area contributed by atoms with E-state index in [1.54, 1.807) is 12.1 Å². The lowest BCUT2D eigenvalue weighted by molar-refractivity contribution is 0.312. The molecule has 1 N–H and O–H groups in total. The third-order valence-electron chi connectivity index (χ3n) is 4.02. The van der Waals surface area contributed by atoms with Crippen LogP contribution in [0.2, 0.25) is 0 Å². The molecule has 0 radical (unpaired) electrons. The summed E-state index contributed by atoms with van der Waals surface area (Å²) in [5.41, 5.74) is 2.84. The minimum absolute atomic E-state index is 0.198. The van der Waals surface area contributed by atoms with E-state index in [2.05, 4.69) is 29.6 Å². The molecule has 128 valence electrons. The van der Waals surface area contributed by atoms with Crippen molar-refractivity contribution in [3.63, 3.8) is 0 Å². The molecule has 0 amide bonds. The number of ether oxygens (including phenoxy) is 1. The summed E-state index contributed by atoms with van der Waals surface area (Å²) in [6.45, 7) is 1.07. The highest BCUT2D eigenvalue weighted by Crippen LogP contribution is 2.25. The summed E-state index contributed by atoms with van der Waals surface area (Å²) >= 11 is 0. The van der Waals surface area contributed by atoms with Gasteiger partial charge in [-0.1, -0.05) is 60.7 Å². The minimum Gasteiger partial charge on any atom is -0.491 e. The highest BCUT2D eigenvalue weighted by Gasteiger charge is 2.05. The SMILES string of the molecule is Fc1ccccc1CNc1ccccc1OCCCc1ccccc1. The van der Waals surface area contributed by atoms with E-state index in [9.17, 15) is 4.39 Å². The maximum absolute atomic E-state index is 13.7. The molecule has 3 aromatic carbocycles. The zero-order valence-electron chi connectivity index (χ0n) is 14.1. The molecule has 0 bridgehead atoms. The van der Waals surface area contributed by atoms with Gasteiger partial charge in [0.15, 0.2) is 0 Å². The molecule has 0 aliphatic rings. The van der Waals surface area contributed by atoms with Crippen LogP contribution in [-0.2, 0) is 13.0 Å². The van der Waals surface area contributed by atoms with E-state index in [-0.39, 0.29) is 5.82 Å². The van der Waals surface area contributed by atoms with Crippen LogP contribution in [0.5, 0.6) is 5.75 Å². The zero-order chi connectivity index (χ0) is 17.3. The molecule has 3 aromatic rings. The number of hydrogen-bond acceptors (Lipinski definition) is 2. The van der Waals surface area contributed by atoms with Crippen molar-refractivity contribution in [3.8, 4) is 5.75 Å². The van der Waals surface area contributed by atoms with E-state index < -0.39 is 0 Å². The van der Waals surface area contributed by atoms with Crippen molar-refractivity contribution in [1.82, 2.24) is 0 Å². The lowest BCUT2D eigenvalue weighted by Gasteiger charge is -2.13. The summed E-state index contributed by atoms with van der Waals surface area (Å²) in [5, 5.41) is 3.26. The average Bonchev–Trinajstić information content (AvgIpc) is 2.66. The number of aryl methyl sites for hydroxylation is 1. The first-order valence-corrected chi connectivity index (χ1v) is 8.56. The minimum atomic E-state index is -0.198. The normalized spacial score (nSPS) is 10.4. The van der Waals surface area contributed by atoms with Crippen molar-refractivity contribution in [2.75, 3.05) is 11.9 Å². The predicted octanol–water partition coefficient (Wildman–Crippen LogP) is 5.45. The fourth-order valence-corrected chi connectivity index (χ4v) is 2.67. The second-order valence-corrected chi connectivity index (χ2v) is 5.88. The molecule has 3 heteroatoms. The quantitative estimate of drug-likeness (QED) is 0.553. The van der Waals surface area contributed by atoms with E-state index in [1.807, 2.05) is 36.4 Å². The van der Waals surface area contributed by atoms with Crippen molar-refractivity contribution in [2.24, 2.45) is 0 Å². The van der Waals surface area contributed by atoms with Gasteiger partial charge in [-0.3, -0.25) is 0 Å². The molecule has 2 nitrogen and oxygen atoms in total. The summed E-state index contributed by atoms with van der Waals surface area (Å²) < 4.78 is 19.7. The first-order chi connectivity index (χ1) is 12.3. The van der Waals surface area contributed by atoms with Crippen LogP contribution in [0, 0.1) is 5.82 Å². The molecule has 0 atom stereocenters. The maximum atomic E-state index is 13.7. The Hall–Kier alpha value is -2.81. The van der Waals surface area contributed by atoms with Crippen LogP contribution in [0.25, 0.3) is 0 Å². The molecular weight excluding hydrogens is 313 g/mol. The lowest BCUT2D eigenvalue weighted by atomic mass is 10.1. The topological polar surface area (TPSA) is 21.3 Å². The van der Waals surface area contributed by atoms with E-state index in [4.69, 9.17) is 4.74 Å². The van der Waals surface area contributed by atoms with Crippen LogP contribution in [0.1, 0.15) is 17.5 Å². The molecule has 0 aliphatic carbocycles. The molecule has 3 rings (SSSR count). The number of hydrogen-bond donors (Lipinski definition) is 1. The molecule has 0 saturated carbocycles. The van der Waals surface area contributed by atoms with Gasteiger partial charge in [0.2, 0.25) is 0 Å². The molecular formula is C22H22FNO. The van der Waals surface area contributed by atoms with Gasteiger partial charge in [-0.05, 0) is 36.6 Å². The number of rotatable bonds is 8. The Kier molecular flexibility index (Phi) is 6.05. The van der Waals surface area contributed by atoms with Gasteiger partial charge in [0.05, 0.1) is 12.3 Å². The third kappa shape index (κ3) is 5.08. The molecule has 0 heterocycles. The fraction of sp³-hybridized carbons (Fsp3) is 0.182. The van der Waals surface area contributed by atoms with Gasteiger partial charge in [0.25, 0.3) is 0 Å². The summed E-state index contributed by atoms with van der Waals surface area (Å²) in [6.07, 6.45) is 1.94. The number of nitrogens with one attached hydrogen (secondary N) is 1. The van der Waals surface area contributed by atoms with Gasteiger partial charge in [-0.15, -0.1) is 0 Å². The summed E-state index contributed by atoms with van der Waals surface area (Å²) in [6, 6.07) is 25.0. The van der Waals surface area contributed by atoms with Crippen LogP contribution in [-0.4, -0.2) is 6.61 Å². The van der Waals surface area contributed by atoms with Crippen molar-refractivity contribution in [1.29, 1.82) is 0 Å². The monoisotopic (exact) mass is 335 g/mol. The zero-order valence-corrected chi connectivity index (χ0v) is 14.1. The Morgan fingerprint density at radius 3 is 2.36 bits per heavy atom. The van der Waals surface area contributed by atoms with Crippen LogP contribution in [0.3, 0.4) is 0 Å². The summed E-state index contributed by atoms with van der Waals surface area (Å²) in [4.78, 5) is 0. The van der Waals surface area contributed by atoms with Crippen molar-refractivity contribution in [2.45, 2.75) is 19.4 Å². The fourth-order valence-electron chi connectivity index (χ4n) is 2.67. The van der Waals surface area contributed by atoms with Crippen LogP contribution in [0.15, 0.2) is 78.9 Å². The van der Waals surface area contributed by atoms with Gasteiger partial charge in [-0.2, -0.15) is 0 Å². The standard InChI is InChI=1S/C22H22FNO/c23-20-13-5-4-12-19(20)17-24-21-14-6-7-15-22(21)25-16-8-11-18-9-2-1-3-10-18/h1-7,9-10,12-15,24H,8,11,16-17H2. The molecule has 0 unspecified atom stereocenters. The molecule has 0 aromatic heterocycles. The first kappa shape index (κ1) is 17.0. The molecule has 25 heavy (non-hydrogen) atoms. The van der Waals surface area contributed by atoms with E-state index in [0.29, 0.717) is 18.7 Å². The largest absolute Gasteiger partial charge is 0.491 e. The maximum Gasteiger partial charge on any atom is 0.142 e. The number of para-hydroxylation sites is 2. The van der Waals surface area contributed by atoms with Crippen LogP contribution < -0.4 is 10.1 Å². The number of halogens is 1. The van der Waals surface area contributed by atoms with E-state index in [0.717, 1.165) is 24.3 Å². The highest BCUT2D eigenvalue weighted by atomic mass is 19.1. The van der Waals surface area contributed by atoms with E-state index in [1.165, 1.54) is 11.6 Å². The van der Waals surface area contributed by atoms with Crippen LogP contribution in [0.4, 0.5) is 10.1 Å². The molecule has 0 aliphatic heterocycles. The summed E-state index contributed by atoms with van der Waals surface area (Å²) in [7, 11) is 0. The van der Waals surface area contributed by atoms with Crippen molar-refractivity contribution < 1.29 is 9.13 Å². The second kappa shape index (κ2) is 8.88. The Morgan fingerprint density at radius 1 is 0.800 bits per heavy atom. The average molecular weight is 335 g/mol. The van der Waals surface area contributed by atoms with Gasteiger partial charge < -0.3 is 10.1 Å². The van der Waals surface area contributed by atoms with Crippen molar-refractivity contribution >= 4 is 5.69 Å². The highest BCUT2D eigenvalue weighted by molar-refractivity contribution is 5.56. The number of benzene rings is 3. The van der Waals surface area contributed by atoms with Gasteiger partial charge in [-0.25, -0.2) is 4.39 Å². The van der Waals surface area contributed by atoms with Gasteiger partial charge in [0.1, 0.15) is 11.6 Å². The number of anilines is 1. The Labute approximate surface area is 148 Å². The second-order valence-electron chi connectivity index (χ2n) is 5.88. The predicted molar refractivity (Wildman–Crippen MR) is 100 cm³/mol. The lowest BCUT2D eigenvalue weighted by Crippen LogP contribution is -2.05. The van der Waals surface area contributed by atoms with Gasteiger partial charge in [0, 0.05) is 12.1 Å². The molecule has 0 fully saturated rings. The molecule has 0 saturated heterocycles. The summed E-state index contributed by atoms with van der Waals surface area (Å²) in [5.74, 6) is 0.600. The van der Waals surface area contributed by atoms with Gasteiger partial charge >= 0.3 is 0 Å².